The van der Waals surface area contributed by atoms with Crippen LogP contribution in [-0.4, -0.2) is 36.1 Å². The Hall–Kier alpha value is -2.41. The molecule has 0 heterocycles. The lowest BCUT2D eigenvalue weighted by Gasteiger charge is -2.22. The molecule has 144 valence electrons. The van der Waals surface area contributed by atoms with Gasteiger partial charge in [0.15, 0.2) is 0 Å². The molecule has 0 spiro atoms. The molecule has 1 aromatic rings. The lowest BCUT2D eigenvalue weighted by Crippen LogP contribution is -2.38. The summed E-state index contributed by atoms with van der Waals surface area (Å²) in [5, 5.41) is 2.70. The van der Waals surface area contributed by atoms with E-state index in [1.165, 1.54) is 0 Å². The van der Waals surface area contributed by atoms with Crippen LogP contribution in [0.3, 0.4) is 0 Å². The Labute approximate surface area is 154 Å². The number of benzene rings is 1. The van der Waals surface area contributed by atoms with Crippen LogP contribution in [0.2, 0.25) is 0 Å². The number of anilines is 1. The van der Waals surface area contributed by atoms with Gasteiger partial charge < -0.3 is 20.5 Å². The van der Waals surface area contributed by atoms with E-state index in [1.54, 1.807) is 52.0 Å². The van der Waals surface area contributed by atoms with Gasteiger partial charge in [-0.15, -0.1) is 0 Å². The van der Waals surface area contributed by atoms with E-state index in [4.69, 9.17) is 15.2 Å². The molecule has 0 aromatic heterocycles. The van der Waals surface area contributed by atoms with Gasteiger partial charge in [0.25, 0.3) is 0 Å². The first kappa shape index (κ1) is 21.6. The first-order chi connectivity index (χ1) is 12.1. The number of hydrogen-bond acceptors (Lipinski definition) is 6. The first-order valence-electron chi connectivity index (χ1n) is 8.63. The summed E-state index contributed by atoms with van der Waals surface area (Å²) in [6.45, 7) is 7.38. The standard InChI is InChI=1S/C19H28N2O5/c1-5-25-17(23)11-10-16(22)21-14-8-6-13(7-9-14)12-15(20)18(24)26-19(2,3)4/h6-9,15H,5,10-12,20H2,1-4H3,(H,21,22)/t15-/m0/s1. The Bertz CT molecular complexity index is 620. The van der Waals surface area contributed by atoms with E-state index in [2.05, 4.69) is 5.32 Å². The van der Waals surface area contributed by atoms with Crippen LogP contribution in [0.5, 0.6) is 0 Å². The molecule has 1 aromatic carbocycles. The molecular formula is C19H28N2O5. The number of carbonyl (C=O) groups is 3. The van der Waals surface area contributed by atoms with Gasteiger partial charge in [-0.05, 0) is 51.8 Å². The number of amides is 1. The highest BCUT2D eigenvalue weighted by atomic mass is 16.6. The van der Waals surface area contributed by atoms with Crippen LogP contribution in [0, 0.1) is 0 Å². The van der Waals surface area contributed by atoms with Crippen molar-refractivity contribution in [3.63, 3.8) is 0 Å². The topological polar surface area (TPSA) is 108 Å². The van der Waals surface area contributed by atoms with E-state index >= 15 is 0 Å². The summed E-state index contributed by atoms with van der Waals surface area (Å²) in [6, 6.07) is 6.26. The molecule has 1 atom stereocenters. The SMILES string of the molecule is CCOC(=O)CCC(=O)Nc1ccc(C[C@H](N)C(=O)OC(C)(C)C)cc1. The Balaban J connectivity index is 2.49. The molecule has 0 aliphatic carbocycles. The molecule has 7 nitrogen and oxygen atoms in total. The van der Waals surface area contributed by atoms with Gasteiger partial charge in [-0.25, -0.2) is 0 Å². The minimum absolute atomic E-state index is 0.0441. The molecule has 3 N–H and O–H groups in total. The molecule has 0 aliphatic heterocycles. The lowest BCUT2D eigenvalue weighted by molar-refractivity contribution is -0.156. The number of rotatable bonds is 8. The normalized spacial score (nSPS) is 12.2. The molecule has 0 bridgehead atoms. The number of carbonyl (C=O) groups excluding carboxylic acids is 3. The third-order valence-electron chi connectivity index (χ3n) is 3.26. The molecule has 0 aliphatic rings. The maximum absolute atomic E-state index is 11.9. The van der Waals surface area contributed by atoms with E-state index < -0.39 is 23.6 Å². The Morgan fingerprint density at radius 3 is 2.27 bits per heavy atom. The van der Waals surface area contributed by atoms with Crippen LogP contribution in [-0.2, 0) is 30.3 Å². The van der Waals surface area contributed by atoms with Gasteiger partial charge in [0.05, 0.1) is 13.0 Å². The van der Waals surface area contributed by atoms with Gasteiger partial charge in [-0.1, -0.05) is 12.1 Å². The van der Waals surface area contributed by atoms with E-state index in [0.717, 1.165) is 5.56 Å². The molecule has 1 amide bonds. The molecule has 0 fully saturated rings. The third-order valence-corrected chi connectivity index (χ3v) is 3.26. The minimum atomic E-state index is -0.751. The van der Waals surface area contributed by atoms with E-state index in [1.807, 2.05) is 0 Å². The van der Waals surface area contributed by atoms with Crippen molar-refractivity contribution in [1.29, 1.82) is 0 Å². The summed E-state index contributed by atoms with van der Waals surface area (Å²) in [5.74, 6) is -1.11. The van der Waals surface area contributed by atoms with Crippen molar-refractivity contribution >= 4 is 23.5 Å². The van der Waals surface area contributed by atoms with E-state index in [9.17, 15) is 14.4 Å². The fourth-order valence-electron chi connectivity index (χ4n) is 2.11. The number of nitrogens with one attached hydrogen (secondary N) is 1. The predicted octanol–water partition coefficient (Wildman–Crippen LogP) is 2.18. The zero-order valence-electron chi connectivity index (χ0n) is 15.8. The van der Waals surface area contributed by atoms with Crippen LogP contribution in [0.4, 0.5) is 5.69 Å². The highest BCUT2D eigenvalue weighted by Crippen LogP contribution is 2.14. The summed E-state index contributed by atoms with van der Waals surface area (Å²) >= 11 is 0. The summed E-state index contributed by atoms with van der Waals surface area (Å²) < 4.78 is 10.0. The second-order valence-corrected chi connectivity index (χ2v) is 6.89. The smallest absolute Gasteiger partial charge is 0.323 e. The van der Waals surface area contributed by atoms with Crippen molar-refractivity contribution < 1.29 is 23.9 Å². The van der Waals surface area contributed by atoms with E-state index in [-0.39, 0.29) is 18.7 Å². The maximum atomic E-state index is 11.9. The number of hydrogen-bond donors (Lipinski definition) is 2. The summed E-state index contributed by atoms with van der Waals surface area (Å²) in [5.41, 5.74) is 6.76. The van der Waals surface area contributed by atoms with Gasteiger partial charge in [-0.3, -0.25) is 14.4 Å². The first-order valence-corrected chi connectivity index (χ1v) is 8.63. The fourth-order valence-corrected chi connectivity index (χ4v) is 2.11. The number of ether oxygens (including phenoxy) is 2. The summed E-state index contributed by atoms with van der Waals surface area (Å²) in [4.78, 5) is 35.0. The lowest BCUT2D eigenvalue weighted by atomic mass is 10.1. The van der Waals surface area contributed by atoms with Gasteiger partial charge >= 0.3 is 11.9 Å². The number of nitrogens with two attached hydrogens (primary N) is 1. The summed E-state index contributed by atoms with van der Waals surface area (Å²) in [6.07, 6.45) is 0.443. The molecule has 7 heteroatoms. The molecule has 0 radical (unpaired) electrons. The quantitative estimate of drug-likeness (QED) is 0.685. The average molecular weight is 364 g/mol. The van der Waals surface area contributed by atoms with Crippen molar-refractivity contribution in [3.05, 3.63) is 29.8 Å². The van der Waals surface area contributed by atoms with Crippen LogP contribution in [0.15, 0.2) is 24.3 Å². The molecule has 26 heavy (non-hydrogen) atoms. The van der Waals surface area contributed by atoms with Crippen molar-refractivity contribution in [2.75, 3.05) is 11.9 Å². The number of esters is 2. The van der Waals surface area contributed by atoms with Crippen molar-refractivity contribution in [3.8, 4) is 0 Å². The van der Waals surface area contributed by atoms with E-state index in [0.29, 0.717) is 18.7 Å². The van der Waals surface area contributed by atoms with Crippen molar-refractivity contribution in [2.45, 2.75) is 58.6 Å². The largest absolute Gasteiger partial charge is 0.466 e. The Morgan fingerprint density at radius 1 is 1.12 bits per heavy atom. The van der Waals surface area contributed by atoms with Gasteiger partial charge in [0.2, 0.25) is 5.91 Å². The zero-order chi connectivity index (χ0) is 19.7. The van der Waals surface area contributed by atoms with Gasteiger partial charge in [0.1, 0.15) is 11.6 Å². The molecule has 1 rings (SSSR count). The highest BCUT2D eigenvalue weighted by molar-refractivity contribution is 5.92. The fraction of sp³-hybridized carbons (Fsp3) is 0.526. The van der Waals surface area contributed by atoms with Crippen molar-refractivity contribution in [2.24, 2.45) is 5.73 Å². The van der Waals surface area contributed by atoms with Crippen LogP contribution >= 0.6 is 0 Å². The molecular weight excluding hydrogens is 336 g/mol. The second kappa shape index (κ2) is 9.91. The zero-order valence-corrected chi connectivity index (χ0v) is 15.8. The monoisotopic (exact) mass is 364 g/mol. The van der Waals surface area contributed by atoms with Crippen LogP contribution in [0.1, 0.15) is 46.1 Å². The third kappa shape index (κ3) is 8.62. The Morgan fingerprint density at radius 2 is 1.73 bits per heavy atom. The van der Waals surface area contributed by atoms with Crippen LogP contribution < -0.4 is 11.1 Å². The second-order valence-electron chi connectivity index (χ2n) is 6.89. The molecule has 0 saturated carbocycles. The van der Waals surface area contributed by atoms with Crippen molar-refractivity contribution in [1.82, 2.24) is 0 Å². The highest BCUT2D eigenvalue weighted by Gasteiger charge is 2.22. The minimum Gasteiger partial charge on any atom is -0.466 e. The molecule has 0 unspecified atom stereocenters. The Kier molecular flexibility index (Phi) is 8.25. The van der Waals surface area contributed by atoms with Gasteiger partial charge in [-0.2, -0.15) is 0 Å². The summed E-state index contributed by atoms with van der Waals surface area (Å²) in [7, 11) is 0. The predicted molar refractivity (Wildman–Crippen MR) is 98.5 cm³/mol. The average Bonchev–Trinajstić information content (AvgIpc) is 2.53. The molecule has 0 saturated heterocycles. The van der Waals surface area contributed by atoms with Crippen LogP contribution in [0.25, 0.3) is 0 Å². The maximum Gasteiger partial charge on any atom is 0.323 e. The van der Waals surface area contributed by atoms with Gasteiger partial charge in [0, 0.05) is 12.1 Å².